The highest BCUT2D eigenvalue weighted by Gasteiger charge is 2.36. The number of carbonyl (C=O) groups is 1. The van der Waals surface area contributed by atoms with Gasteiger partial charge in [0.25, 0.3) is 0 Å². The fraction of sp³-hybridized carbons (Fsp3) is 0.400. The van der Waals surface area contributed by atoms with Crippen LogP contribution in [0.4, 0.5) is 13.2 Å². The molecule has 17 heavy (non-hydrogen) atoms. The lowest BCUT2D eigenvalue weighted by Crippen LogP contribution is -2.15. The fourth-order valence-corrected chi connectivity index (χ4v) is 1.46. The lowest BCUT2D eigenvalue weighted by molar-refractivity contribution is -0.149. The first-order chi connectivity index (χ1) is 7.71. The molecule has 0 spiro atoms. The van der Waals surface area contributed by atoms with Gasteiger partial charge in [0.2, 0.25) is 0 Å². The van der Waals surface area contributed by atoms with Gasteiger partial charge in [-0.1, -0.05) is 11.6 Å². The average molecular weight is 268 g/mol. The molecular weight excluding hydrogens is 259 g/mol. The van der Waals surface area contributed by atoms with Gasteiger partial charge in [0.15, 0.2) is 0 Å². The highest BCUT2D eigenvalue weighted by molar-refractivity contribution is 6.29. The number of hydrogen-bond acceptors (Lipinski definition) is 3. The maximum absolute atomic E-state index is 12.7. The number of nitrogens with zero attached hydrogens (tertiary/aromatic N) is 1. The lowest BCUT2D eigenvalue weighted by Gasteiger charge is -2.17. The maximum Gasteiger partial charge on any atom is 0.418 e. The molecule has 0 fully saturated rings. The van der Waals surface area contributed by atoms with E-state index in [0.717, 1.165) is 19.1 Å². The molecule has 0 amide bonds. The Balaban J connectivity index is 3.20. The second kappa shape index (κ2) is 4.91. The molecule has 1 rings (SSSR count). The molecule has 0 aromatic carbocycles. The van der Waals surface area contributed by atoms with Crippen LogP contribution in [-0.2, 0) is 15.7 Å². The smallest absolute Gasteiger partial charge is 0.418 e. The molecule has 1 aromatic rings. The molecule has 0 bridgehead atoms. The zero-order chi connectivity index (χ0) is 13.2. The van der Waals surface area contributed by atoms with Crippen LogP contribution < -0.4 is 0 Å². The number of pyridine rings is 1. The van der Waals surface area contributed by atoms with Crippen molar-refractivity contribution in [2.24, 2.45) is 0 Å². The van der Waals surface area contributed by atoms with Gasteiger partial charge in [-0.3, -0.25) is 4.79 Å². The zero-order valence-corrected chi connectivity index (χ0v) is 9.76. The van der Waals surface area contributed by atoms with Crippen molar-refractivity contribution in [1.82, 2.24) is 4.98 Å². The Morgan fingerprint density at radius 1 is 1.47 bits per heavy atom. The van der Waals surface area contributed by atoms with E-state index in [2.05, 4.69) is 9.72 Å². The zero-order valence-electron chi connectivity index (χ0n) is 9.01. The Morgan fingerprint density at radius 3 is 2.53 bits per heavy atom. The highest BCUT2D eigenvalue weighted by atomic mass is 35.5. The predicted molar refractivity (Wildman–Crippen MR) is 54.4 cm³/mol. The number of rotatable bonds is 2. The van der Waals surface area contributed by atoms with E-state index in [4.69, 9.17) is 11.6 Å². The van der Waals surface area contributed by atoms with Crippen molar-refractivity contribution in [2.75, 3.05) is 0 Å². The molecule has 0 aliphatic rings. The molecule has 0 saturated heterocycles. The Labute approximate surface area is 101 Å². The van der Waals surface area contributed by atoms with E-state index in [9.17, 15) is 18.0 Å². The van der Waals surface area contributed by atoms with Crippen molar-refractivity contribution >= 4 is 17.6 Å². The number of esters is 1. The third-order valence-electron chi connectivity index (χ3n) is 1.92. The largest absolute Gasteiger partial charge is 0.456 e. The summed E-state index contributed by atoms with van der Waals surface area (Å²) < 4.78 is 42.6. The molecule has 3 nitrogen and oxygen atoms in total. The minimum atomic E-state index is -4.57. The van der Waals surface area contributed by atoms with Crippen LogP contribution in [-0.4, -0.2) is 11.0 Å². The van der Waals surface area contributed by atoms with Gasteiger partial charge >= 0.3 is 12.1 Å². The van der Waals surface area contributed by atoms with Crippen LogP contribution in [0.25, 0.3) is 0 Å². The quantitative estimate of drug-likeness (QED) is 0.609. The van der Waals surface area contributed by atoms with Crippen molar-refractivity contribution in [3.05, 3.63) is 28.5 Å². The molecule has 0 aliphatic carbocycles. The first-order valence-corrected chi connectivity index (χ1v) is 5.00. The molecule has 0 saturated carbocycles. The molecule has 1 aromatic heterocycles. The molecule has 0 N–H and O–H groups in total. The molecule has 7 heteroatoms. The van der Waals surface area contributed by atoms with Gasteiger partial charge in [-0.2, -0.15) is 13.2 Å². The van der Waals surface area contributed by atoms with Crippen LogP contribution in [0.5, 0.6) is 0 Å². The van der Waals surface area contributed by atoms with Crippen molar-refractivity contribution in [3.8, 4) is 0 Å². The summed E-state index contributed by atoms with van der Waals surface area (Å²) in [5.74, 6) is -0.688. The summed E-state index contributed by atoms with van der Waals surface area (Å²) in [7, 11) is 0. The second-order valence-corrected chi connectivity index (χ2v) is 3.70. The van der Waals surface area contributed by atoms with Crippen LogP contribution in [0.3, 0.4) is 0 Å². The summed E-state index contributed by atoms with van der Waals surface area (Å²) in [6.07, 6.45) is -5.68. The van der Waals surface area contributed by atoms with Crippen molar-refractivity contribution in [3.63, 3.8) is 0 Å². The summed E-state index contributed by atoms with van der Waals surface area (Å²) in [5, 5.41) is -0.0907. The molecule has 1 heterocycles. The molecule has 1 atom stereocenters. The van der Waals surface area contributed by atoms with Gasteiger partial charge in [-0.05, 0) is 19.1 Å². The molecule has 94 valence electrons. The standard InChI is InChI=1S/C10H9ClF3NO2/c1-5(17-6(2)16)9-7(10(12,13)14)3-4-8(11)15-9/h3-5H,1-2H3. The van der Waals surface area contributed by atoms with Gasteiger partial charge in [0.1, 0.15) is 11.3 Å². The van der Waals surface area contributed by atoms with Crippen LogP contribution in [0, 0.1) is 0 Å². The number of carbonyl (C=O) groups excluding carboxylic acids is 1. The Morgan fingerprint density at radius 2 is 2.06 bits per heavy atom. The molecule has 0 radical (unpaired) electrons. The van der Waals surface area contributed by atoms with Gasteiger partial charge in [0, 0.05) is 6.92 Å². The normalized spacial score (nSPS) is 13.3. The number of ether oxygens (including phenoxy) is 1. The van der Waals surface area contributed by atoms with Crippen molar-refractivity contribution < 1.29 is 22.7 Å². The summed E-state index contributed by atoms with van der Waals surface area (Å²) in [6, 6.07) is 1.85. The molecule has 1 unspecified atom stereocenters. The molecule has 0 aliphatic heterocycles. The summed E-state index contributed by atoms with van der Waals surface area (Å²) in [4.78, 5) is 14.3. The monoisotopic (exact) mass is 267 g/mol. The maximum atomic E-state index is 12.7. The summed E-state index contributed by atoms with van der Waals surface area (Å²) in [6.45, 7) is 2.41. The predicted octanol–water partition coefficient (Wildman–Crippen LogP) is 3.38. The van der Waals surface area contributed by atoms with Crippen LogP contribution >= 0.6 is 11.6 Å². The number of halogens is 4. The van der Waals surface area contributed by atoms with E-state index in [0.29, 0.717) is 0 Å². The van der Waals surface area contributed by atoms with Crippen molar-refractivity contribution in [2.45, 2.75) is 26.1 Å². The van der Waals surface area contributed by atoms with Crippen molar-refractivity contribution in [1.29, 1.82) is 0 Å². The van der Waals surface area contributed by atoms with E-state index in [-0.39, 0.29) is 5.15 Å². The summed E-state index contributed by atoms with van der Waals surface area (Å²) >= 11 is 5.53. The van der Waals surface area contributed by atoms with E-state index in [1.807, 2.05) is 0 Å². The van der Waals surface area contributed by atoms with Gasteiger partial charge in [-0.25, -0.2) is 4.98 Å². The Bertz CT molecular complexity index is 434. The fourth-order valence-electron chi connectivity index (χ4n) is 1.30. The Hall–Kier alpha value is -1.30. The summed E-state index contributed by atoms with van der Waals surface area (Å²) in [5.41, 5.74) is -1.36. The first-order valence-electron chi connectivity index (χ1n) is 4.62. The minimum Gasteiger partial charge on any atom is -0.456 e. The van der Waals surface area contributed by atoms with E-state index < -0.39 is 29.5 Å². The highest BCUT2D eigenvalue weighted by Crippen LogP contribution is 2.35. The molecular formula is C10H9ClF3NO2. The van der Waals surface area contributed by atoms with Crippen LogP contribution in [0.15, 0.2) is 12.1 Å². The SMILES string of the molecule is CC(=O)OC(C)c1nc(Cl)ccc1C(F)(F)F. The number of alkyl halides is 3. The third-order valence-corrected chi connectivity index (χ3v) is 2.13. The average Bonchev–Trinajstić information content (AvgIpc) is 2.14. The number of aromatic nitrogens is 1. The first kappa shape index (κ1) is 13.8. The van der Waals surface area contributed by atoms with E-state index >= 15 is 0 Å². The topological polar surface area (TPSA) is 39.2 Å². The minimum absolute atomic E-state index is 0.0907. The lowest BCUT2D eigenvalue weighted by atomic mass is 10.1. The van der Waals surface area contributed by atoms with E-state index in [1.165, 1.54) is 6.92 Å². The van der Waals surface area contributed by atoms with Crippen LogP contribution in [0.1, 0.15) is 31.2 Å². The third kappa shape index (κ3) is 3.59. The van der Waals surface area contributed by atoms with Crippen LogP contribution in [0.2, 0.25) is 5.15 Å². The van der Waals surface area contributed by atoms with Gasteiger partial charge in [0.05, 0.1) is 11.3 Å². The van der Waals surface area contributed by atoms with Gasteiger partial charge < -0.3 is 4.74 Å². The van der Waals surface area contributed by atoms with Gasteiger partial charge in [-0.15, -0.1) is 0 Å². The van der Waals surface area contributed by atoms with E-state index in [1.54, 1.807) is 0 Å². The number of hydrogen-bond donors (Lipinski definition) is 0. The Kier molecular flexibility index (Phi) is 3.98. The second-order valence-electron chi connectivity index (χ2n) is 3.32.